The van der Waals surface area contributed by atoms with Crippen LogP contribution in [0.25, 0.3) is 0 Å². The lowest BCUT2D eigenvalue weighted by Crippen LogP contribution is -2.18. The smallest absolute Gasteiger partial charge is 0.328 e. The van der Waals surface area contributed by atoms with Crippen molar-refractivity contribution in [2.24, 2.45) is 5.73 Å². The molecule has 1 saturated carbocycles. The van der Waals surface area contributed by atoms with Gasteiger partial charge in [-0.05, 0) is 49.6 Å². The molecule has 0 spiro atoms. The number of aromatic amines is 1. The van der Waals surface area contributed by atoms with Crippen molar-refractivity contribution >= 4 is 23.4 Å². The second kappa shape index (κ2) is 5.87. The van der Waals surface area contributed by atoms with Gasteiger partial charge in [-0.2, -0.15) is 0 Å². The summed E-state index contributed by atoms with van der Waals surface area (Å²) >= 11 is 7.76. The molecule has 5 nitrogen and oxygen atoms in total. The van der Waals surface area contributed by atoms with E-state index >= 15 is 0 Å². The molecule has 1 fully saturated rings. The molecule has 1 unspecified atom stereocenters. The summed E-state index contributed by atoms with van der Waals surface area (Å²) in [7, 11) is 0. The minimum atomic E-state index is -0.152. The van der Waals surface area contributed by atoms with Crippen LogP contribution in [-0.4, -0.2) is 20.8 Å². The summed E-state index contributed by atoms with van der Waals surface area (Å²) in [5.74, 6) is 0. The molecule has 3 N–H and O–H groups in total. The summed E-state index contributed by atoms with van der Waals surface area (Å²) in [4.78, 5) is 12.8. The first-order valence-electron chi connectivity index (χ1n) is 6.94. The van der Waals surface area contributed by atoms with Gasteiger partial charge in [-0.15, -0.1) is 5.10 Å². The number of hydrogen-bond acceptors (Lipinski definition) is 4. The summed E-state index contributed by atoms with van der Waals surface area (Å²) in [5, 5.41) is 7.99. The van der Waals surface area contributed by atoms with Crippen LogP contribution in [0.5, 0.6) is 0 Å². The Morgan fingerprint density at radius 3 is 3.00 bits per heavy atom. The second-order valence-electron chi connectivity index (χ2n) is 5.42. The van der Waals surface area contributed by atoms with Crippen molar-refractivity contribution in [2.75, 3.05) is 0 Å². The predicted octanol–water partition coefficient (Wildman–Crippen LogP) is 2.60. The number of rotatable bonds is 5. The number of nitrogens with one attached hydrogen (secondary N) is 1. The highest BCUT2D eigenvalue weighted by atomic mass is 35.5. The molecule has 0 saturated heterocycles. The van der Waals surface area contributed by atoms with E-state index in [0.29, 0.717) is 10.2 Å². The molecule has 2 aromatic rings. The quantitative estimate of drug-likeness (QED) is 0.886. The monoisotopic (exact) mass is 324 g/mol. The number of hydrogen-bond donors (Lipinski definition) is 2. The van der Waals surface area contributed by atoms with Crippen LogP contribution in [0.1, 0.15) is 31.4 Å². The van der Waals surface area contributed by atoms with Gasteiger partial charge in [-0.3, -0.25) is 4.57 Å². The largest absolute Gasteiger partial charge is 0.344 e. The maximum atomic E-state index is 11.8. The number of H-pyrrole nitrogens is 1. The summed E-state index contributed by atoms with van der Waals surface area (Å²) in [6.45, 7) is 1.96. The van der Waals surface area contributed by atoms with E-state index in [1.54, 1.807) is 4.57 Å². The van der Waals surface area contributed by atoms with Crippen LogP contribution >= 0.6 is 23.4 Å². The Bertz CT molecular complexity index is 705. The molecule has 0 bridgehead atoms. The number of nitrogens with two attached hydrogens (primary N) is 1. The van der Waals surface area contributed by atoms with Gasteiger partial charge in [0.15, 0.2) is 5.16 Å². The molecule has 112 valence electrons. The molecule has 0 amide bonds. The van der Waals surface area contributed by atoms with E-state index in [9.17, 15) is 4.79 Å². The summed E-state index contributed by atoms with van der Waals surface area (Å²) in [6.07, 6.45) is 2.80. The number of nitrogens with zero attached hydrogens (tertiary/aromatic N) is 2. The first kappa shape index (κ1) is 14.7. The van der Waals surface area contributed by atoms with Gasteiger partial charge in [0, 0.05) is 17.0 Å². The molecule has 1 atom stereocenters. The van der Waals surface area contributed by atoms with Crippen molar-refractivity contribution in [3.63, 3.8) is 0 Å². The maximum absolute atomic E-state index is 11.8. The minimum Gasteiger partial charge on any atom is -0.328 e. The first-order chi connectivity index (χ1) is 10.1. The molecule has 1 aliphatic carbocycles. The highest BCUT2D eigenvalue weighted by Gasteiger charge is 2.29. The van der Waals surface area contributed by atoms with Crippen LogP contribution in [0.2, 0.25) is 5.02 Å². The van der Waals surface area contributed by atoms with Crippen LogP contribution in [0.15, 0.2) is 33.0 Å². The molecule has 1 aliphatic rings. The minimum absolute atomic E-state index is 0.0487. The van der Waals surface area contributed by atoms with Crippen LogP contribution in [0, 0.1) is 0 Å². The fourth-order valence-corrected chi connectivity index (χ4v) is 3.65. The summed E-state index contributed by atoms with van der Waals surface area (Å²) in [6, 6.07) is 6.11. The van der Waals surface area contributed by atoms with Crippen LogP contribution < -0.4 is 11.4 Å². The normalized spacial score (nSPS) is 16.1. The molecule has 7 heteroatoms. The molecule has 0 radical (unpaired) electrons. The van der Waals surface area contributed by atoms with Crippen molar-refractivity contribution in [3.8, 4) is 0 Å². The van der Waals surface area contributed by atoms with E-state index in [-0.39, 0.29) is 17.8 Å². The third-order valence-electron chi connectivity index (χ3n) is 3.37. The lowest BCUT2D eigenvalue weighted by molar-refractivity contribution is 0.642. The molecule has 21 heavy (non-hydrogen) atoms. The summed E-state index contributed by atoms with van der Waals surface area (Å²) in [5.41, 5.74) is 6.83. The average molecular weight is 325 g/mol. The third-order valence-corrected chi connectivity index (χ3v) is 4.95. The van der Waals surface area contributed by atoms with Crippen molar-refractivity contribution in [1.82, 2.24) is 14.8 Å². The lowest BCUT2D eigenvalue weighted by Gasteiger charge is -2.12. The van der Waals surface area contributed by atoms with Crippen LogP contribution in [-0.2, 0) is 6.42 Å². The van der Waals surface area contributed by atoms with E-state index in [0.717, 1.165) is 29.7 Å². The van der Waals surface area contributed by atoms with Crippen molar-refractivity contribution in [1.29, 1.82) is 0 Å². The predicted molar refractivity (Wildman–Crippen MR) is 84.0 cm³/mol. The second-order valence-corrected chi connectivity index (χ2v) is 6.81. The van der Waals surface area contributed by atoms with Gasteiger partial charge in [0.05, 0.1) is 5.02 Å². The first-order valence-corrected chi connectivity index (χ1v) is 8.13. The van der Waals surface area contributed by atoms with Gasteiger partial charge in [0.1, 0.15) is 0 Å². The standard InChI is InChI=1S/C14H17ClN4OS/c1-8(16)7-9-3-2-4-11(15)12(9)21-14-18-17-13(20)19(14)10-5-6-10/h2-4,8,10H,5-7,16H2,1H3,(H,17,20). The molecular weight excluding hydrogens is 308 g/mol. The van der Waals surface area contributed by atoms with Crippen LogP contribution in [0.3, 0.4) is 0 Å². The number of aromatic nitrogens is 3. The Kier molecular flexibility index (Phi) is 4.10. The van der Waals surface area contributed by atoms with Crippen molar-refractivity contribution in [2.45, 2.75) is 48.3 Å². The van der Waals surface area contributed by atoms with E-state index in [1.807, 2.05) is 25.1 Å². The lowest BCUT2D eigenvalue weighted by atomic mass is 10.1. The fraction of sp³-hybridized carbons (Fsp3) is 0.429. The molecule has 0 aliphatic heterocycles. The topological polar surface area (TPSA) is 76.7 Å². The van der Waals surface area contributed by atoms with Gasteiger partial charge in [0.2, 0.25) is 0 Å². The van der Waals surface area contributed by atoms with Gasteiger partial charge < -0.3 is 5.73 Å². The highest BCUT2D eigenvalue weighted by Crippen LogP contribution is 2.40. The Balaban J connectivity index is 1.96. The zero-order valence-electron chi connectivity index (χ0n) is 11.7. The van der Waals surface area contributed by atoms with Gasteiger partial charge >= 0.3 is 5.69 Å². The average Bonchev–Trinajstić information content (AvgIpc) is 3.18. The SMILES string of the molecule is CC(N)Cc1cccc(Cl)c1Sc1n[nH]c(=O)n1C1CC1. The van der Waals surface area contributed by atoms with Crippen molar-refractivity contribution in [3.05, 3.63) is 39.3 Å². The molecule has 3 rings (SSSR count). The Morgan fingerprint density at radius 2 is 2.33 bits per heavy atom. The van der Waals surface area contributed by atoms with E-state index < -0.39 is 0 Å². The Labute approximate surface area is 131 Å². The summed E-state index contributed by atoms with van der Waals surface area (Å²) < 4.78 is 1.73. The molecular formula is C14H17ClN4OS. The third kappa shape index (κ3) is 3.17. The zero-order valence-corrected chi connectivity index (χ0v) is 13.2. The molecule has 1 aromatic carbocycles. The van der Waals surface area contributed by atoms with E-state index in [1.165, 1.54) is 11.8 Å². The Morgan fingerprint density at radius 1 is 1.57 bits per heavy atom. The number of benzene rings is 1. The van der Waals surface area contributed by atoms with Crippen LogP contribution in [0.4, 0.5) is 0 Å². The maximum Gasteiger partial charge on any atom is 0.344 e. The fourth-order valence-electron chi connectivity index (χ4n) is 2.28. The molecule has 1 heterocycles. The zero-order chi connectivity index (χ0) is 15.0. The van der Waals surface area contributed by atoms with E-state index in [2.05, 4.69) is 10.2 Å². The van der Waals surface area contributed by atoms with E-state index in [4.69, 9.17) is 17.3 Å². The van der Waals surface area contributed by atoms with Gasteiger partial charge in [0.25, 0.3) is 0 Å². The van der Waals surface area contributed by atoms with Crippen molar-refractivity contribution < 1.29 is 0 Å². The molecule has 1 aromatic heterocycles. The Hall–Kier alpha value is -1.24. The van der Waals surface area contributed by atoms with Gasteiger partial charge in [-0.1, -0.05) is 23.7 Å². The van der Waals surface area contributed by atoms with Gasteiger partial charge in [-0.25, -0.2) is 9.89 Å². The highest BCUT2D eigenvalue weighted by molar-refractivity contribution is 7.99. The number of halogens is 1.